The van der Waals surface area contributed by atoms with Crippen molar-refractivity contribution in [2.45, 2.75) is 11.4 Å². The molecule has 0 heterocycles. The molecule has 0 saturated carbocycles. The molecule has 0 aliphatic carbocycles. The summed E-state index contributed by atoms with van der Waals surface area (Å²) in [4.78, 5) is -0.245. The van der Waals surface area contributed by atoms with Gasteiger partial charge < -0.3 is 5.73 Å². The van der Waals surface area contributed by atoms with Gasteiger partial charge in [-0.3, -0.25) is 0 Å². The molecule has 0 aromatic heterocycles. The summed E-state index contributed by atoms with van der Waals surface area (Å²) in [6.45, 7) is 0.409. The molecule has 4 N–H and O–H groups in total. The largest absolute Gasteiger partial charge is 0.326 e. The van der Waals surface area contributed by atoms with Gasteiger partial charge in [-0.25, -0.2) is 17.9 Å². The lowest BCUT2D eigenvalue weighted by atomic mass is 10.0. The topological polar surface area (TPSA) is 86.2 Å². The lowest BCUT2D eigenvalue weighted by molar-refractivity contribution is 0.592. The Hall–Kier alpha value is -1.76. The Morgan fingerprint density at radius 3 is 2.16 bits per heavy atom. The number of hydrogen-bond acceptors (Lipinski definition) is 3. The first-order chi connectivity index (χ1) is 8.90. The van der Waals surface area contributed by atoms with Crippen LogP contribution in [0.4, 0.5) is 4.39 Å². The van der Waals surface area contributed by atoms with Gasteiger partial charge in [0.1, 0.15) is 5.82 Å². The molecule has 0 aliphatic rings. The van der Waals surface area contributed by atoms with E-state index in [1.165, 1.54) is 12.1 Å². The van der Waals surface area contributed by atoms with Crippen molar-refractivity contribution in [1.82, 2.24) is 0 Å². The maximum absolute atomic E-state index is 13.4. The van der Waals surface area contributed by atoms with E-state index in [4.69, 9.17) is 10.9 Å². The van der Waals surface area contributed by atoms with Crippen molar-refractivity contribution in [2.75, 3.05) is 0 Å². The van der Waals surface area contributed by atoms with Crippen LogP contribution in [0.2, 0.25) is 0 Å². The number of rotatable bonds is 3. The van der Waals surface area contributed by atoms with Crippen LogP contribution in [0.15, 0.2) is 47.4 Å². The Morgan fingerprint density at radius 2 is 1.63 bits per heavy atom. The number of halogens is 1. The van der Waals surface area contributed by atoms with E-state index < -0.39 is 15.8 Å². The maximum Gasteiger partial charge on any atom is 0.238 e. The average Bonchev–Trinajstić information content (AvgIpc) is 2.37. The molecule has 0 aliphatic heterocycles. The summed E-state index contributed by atoms with van der Waals surface area (Å²) in [6, 6.07) is 10.6. The van der Waals surface area contributed by atoms with E-state index in [1.807, 2.05) is 0 Å². The molecule has 2 aromatic carbocycles. The predicted molar refractivity (Wildman–Crippen MR) is 71.1 cm³/mol. The number of benzene rings is 2. The third-order valence-corrected chi connectivity index (χ3v) is 3.62. The van der Waals surface area contributed by atoms with Crippen molar-refractivity contribution >= 4 is 10.0 Å². The SMILES string of the molecule is NCc1ccc(-c2cc(F)cc(S(N)(=O)=O)c2)cc1. The van der Waals surface area contributed by atoms with Gasteiger partial charge in [0.15, 0.2) is 0 Å². The fourth-order valence-electron chi connectivity index (χ4n) is 1.73. The molecule has 0 spiro atoms. The first-order valence-electron chi connectivity index (χ1n) is 5.53. The Bertz CT molecular complexity index is 697. The van der Waals surface area contributed by atoms with Gasteiger partial charge in [-0.15, -0.1) is 0 Å². The Kier molecular flexibility index (Phi) is 3.66. The van der Waals surface area contributed by atoms with Gasteiger partial charge in [0, 0.05) is 6.54 Å². The number of hydrogen-bond donors (Lipinski definition) is 2. The fraction of sp³-hybridized carbons (Fsp3) is 0.0769. The van der Waals surface area contributed by atoms with Crippen LogP contribution in [0.25, 0.3) is 11.1 Å². The molecule has 2 rings (SSSR count). The van der Waals surface area contributed by atoms with Gasteiger partial charge in [-0.1, -0.05) is 24.3 Å². The predicted octanol–water partition coefficient (Wildman–Crippen LogP) is 1.60. The first kappa shape index (κ1) is 13.7. The van der Waals surface area contributed by atoms with Gasteiger partial charge in [0.2, 0.25) is 10.0 Å². The summed E-state index contributed by atoms with van der Waals surface area (Å²) < 4.78 is 36.0. The highest BCUT2D eigenvalue weighted by Crippen LogP contribution is 2.24. The number of nitrogens with two attached hydrogens (primary N) is 2. The molecule has 0 bridgehead atoms. The van der Waals surface area contributed by atoms with Crippen molar-refractivity contribution in [1.29, 1.82) is 0 Å². The van der Waals surface area contributed by atoms with Gasteiger partial charge in [0.05, 0.1) is 4.90 Å². The van der Waals surface area contributed by atoms with Crippen LogP contribution < -0.4 is 10.9 Å². The van der Waals surface area contributed by atoms with Crippen LogP contribution in [-0.2, 0) is 16.6 Å². The number of sulfonamides is 1. The minimum Gasteiger partial charge on any atom is -0.326 e. The van der Waals surface area contributed by atoms with Crippen LogP contribution in [0, 0.1) is 5.82 Å². The van der Waals surface area contributed by atoms with Crippen LogP contribution in [0.3, 0.4) is 0 Å². The highest BCUT2D eigenvalue weighted by atomic mass is 32.2. The highest BCUT2D eigenvalue weighted by Gasteiger charge is 2.11. The van der Waals surface area contributed by atoms with E-state index in [2.05, 4.69) is 0 Å². The average molecular weight is 280 g/mol. The van der Waals surface area contributed by atoms with E-state index in [0.29, 0.717) is 17.7 Å². The number of primary sulfonamides is 1. The molecule has 6 heteroatoms. The molecule has 0 amide bonds. The Balaban J connectivity index is 2.52. The molecule has 4 nitrogen and oxygen atoms in total. The molecule has 0 fully saturated rings. The lowest BCUT2D eigenvalue weighted by Crippen LogP contribution is -2.12. The van der Waals surface area contributed by atoms with E-state index in [9.17, 15) is 12.8 Å². The summed E-state index contributed by atoms with van der Waals surface area (Å²) in [5.74, 6) is -0.649. The molecular weight excluding hydrogens is 267 g/mol. The second kappa shape index (κ2) is 5.08. The monoisotopic (exact) mass is 280 g/mol. The summed E-state index contributed by atoms with van der Waals surface area (Å²) in [5.41, 5.74) is 7.57. The van der Waals surface area contributed by atoms with Crippen molar-refractivity contribution in [2.24, 2.45) is 10.9 Å². The Morgan fingerprint density at radius 1 is 1.00 bits per heavy atom. The quantitative estimate of drug-likeness (QED) is 0.895. The second-order valence-corrected chi connectivity index (χ2v) is 5.68. The lowest BCUT2D eigenvalue weighted by Gasteiger charge is -2.06. The fourth-order valence-corrected chi connectivity index (χ4v) is 2.30. The Labute approximate surface area is 110 Å². The van der Waals surface area contributed by atoms with E-state index in [-0.39, 0.29) is 4.90 Å². The molecule has 19 heavy (non-hydrogen) atoms. The summed E-state index contributed by atoms with van der Waals surface area (Å²) in [7, 11) is -3.93. The summed E-state index contributed by atoms with van der Waals surface area (Å²) in [6.07, 6.45) is 0. The van der Waals surface area contributed by atoms with Gasteiger partial charge in [-0.2, -0.15) is 0 Å². The molecule has 100 valence electrons. The molecule has 0 atom stereocenters. The zero-order valence-electron chi connectivity index (χ0n) is 10.0. The van der Waals surface area contributed by atoms with Gasteiger partial charge >= 0.3 is 0 Å². The normalized spacial score (nSPS) is 11.5. The van der Waals surface area contributed by atoms with E-state index >= 15 is 0 Å². The van der Waals surface area contributed by atoms with Crippen LogP contribution in [0.1, 0.15) is 5.56 Å². The zero-order chi connectivity index (χ0) is 14.0. The van der Waals surface area contributed by atoms with Crippen molar-refractivity contribution < 1.29 is 12.8 Å². The maximum atomic E-state index is 13.4. The van der Waals surface area contributed by atoms with Crippen LogP contribution >= 0.6 is 0 Å². The standard InChI is InChI=1S/C13H13FN2O2S/c14-12-5-11(6-13(7-12)19(16,17)18)10-3-1-9(8-15)2-4-10/h1-7H,8,15H2,(H2,16,17,18). The van der Waals surface area contributed by atoms with Crippen molar-refractivity contribution in [3.63, 3.8) is 0 Å². The summed E-state index contributed by atoms with van der Waals surface area (Å²) in [5, 5.41) is 5.01. The van der Waals surface area contributed by atoms with E-state index in [1.54, 1.807) is 24.3 Å². The summed E-state index contributed by atoms with van der Waals surface area (Å²) >= 11 is 0. The van der Waals surface area contributed by atoms with Crippen LogP contribution in [-0.4, -0.2) is 8.42 Å². The molecule has 0 radical (unpaired) electrons. The second-order valence-electron chi connectivity index (χ2n) is 4.12. The minimum absolute atomic E-state index is 0.245. The molecule has 0 saturated heterocycles. The molecule has 2 aromatic rings. The third-order valence-electron chi connectivity index (χ3n) is 2.72. The smallest absolute Gasteiger partial charge is 0.238 e. The van der Waals surface area contributed by atoms with Gasteiger partial charge in [0.25, 0.3) is 0 Å². The minimum atomic E-state index is -3.93. The first-order valence-corrected chi connectivity index (χ1v) is 7.07. The van der Waals surface area contributed by atoms with Crippen molar-refractivity contribution in [3.05, 3.63) is 53.8 Å². The molecule has 0 unspecified atom stereocenters. The van der Waals surface area contributed by atoms with Gasteiger partial charge in [-0.05, 0) is 34.9 Å². The molecular formula is C13H13FN2O2S. The highest BCUT2D eigenvalue weighted by molar-refractivity contribution is 7.89. The zero-order valence-corrected chi connectivity index (χ0v) is 10.8. The van der Waals surface area contributed by atoms with E-state index in [0.717, 1.165) is 11.6 Å². The van der Waals surface area contributed by atoms with Crippen LogP contribution in [0.5, 0.6) is 0 Å². The van der Waals surface area contributed by atoms with Crippen molar-refractivity contribution in [3.8, 4) is 11.1 Å². The third kappa shape index (κ3) is 3.17.